The molecule has 1 aromatic carbocycles. The van der Waals surface area contributed by atoms with Crippen LogP contribution in [0, 0.1) is 6.92 Å². The number of thioether (sulfide) groups is 1. The van der Waals surface area contributed by atoms with E-state index < -0.39 is 0 Å². The molecule has 1 aromatic heterocycles. The van der Waals surface area contributed by atoms with Crippen molar-refractivity contribution in [3.8, 4) is 5.75 Å². The summed E-state index contributed by atoms with van der Waals surface area (Å²) in [5.41, 5.74) is 0.951. The Hall–Kier alpha value is -1.99. The van der Waals surface area contributed by atoms with E-state index in [1.54, 1.807) is 6.08 Å². The monoisotopic (exact) mass is 406 g/mol. The predicted octanol–water partition coefficient (Wildman–Crippen LogP) is 3.94. The first-order valence-electron chi connectivity index (χ1n) is 8.87. The van der Waals surface area contributed by atoms with Gasteiger partial charge in [0.05, 0.1) is 5.75 Å². The van der Waals surface area contributed by atoms with Gasteiger partial charge in [-0.05, 0) is 50.5 Å². The van der Waals surface area contributed by atoms with Crippen molar-refractivity contribution in [2.75, 3.05) is 5.75 Å². The summed E-state index contributed by atoms with van der Waals surface area (Å²) < 4.78 is 7.94. The van der Waals surface area contributed by atoms with Crippen LogP contribution in [0.25, 0.3) is 0 Å². The van der Waals surface area contributed by atoms with E-state index in [2.05, 4.69) is 22.1 Å². The fraction of sp³-hybridized carbons (Fsp3) is 0.421. The van der Waals surface area contributed by atoms with Crippen LogP contribution in [0.5, 0.6) is 5.75 Å². The fourth-order valence-electron chi connectivity index (χ4n) is 2.58. The number of aromatic nitrogens is 3. The van der Waals surface area contributed by atoms with Crippen molar-refractivity contribution < 1.29 is 9.53 Å². The van der Waals surface area contributed by atoms with Gasteiger partial charge in [-0.25, -0.2) is 0 Å². The highest BCUT2D eigenvalue weighted by atomic mass is 35.5. The molecule has 6 nitrogen and oxygen atoms in total. The summed E-state index contributed by atoms with van der Waals surface area (Å²) in [6.45, 7) is 8.20. The summed E-state index contributed by atoms with van der Waals surface area (Å²) in [5, 5.41) is 12.9. The smallest absolute Gasteiger partial charge is 0.230 e. The van der Waals surface area contributed by atoms with Gasteiger partial charge < -0.3 is 10.1 Å². The Labute approximate surface area is 168 Å². The lowest BCUT2D eigenvalue weighted by molar-refractivity contribution is -0.118. The topological polar surface area (TPSA) is 69.0 Å². The summed E-state index contributed by atoms with van der Waals surface area (Å²) >= 11 is 7.44. The van der Waals surface area contributed by atoms with Crippen LogP contribution in [-0.4, -0.2) is 32.5 Å². The van der Waals surface area contributed by atoms with Gasteiger partial charge in [0.2, 0.25) is 5.91 Å². The van der Waals surface area contributed by atoms with Crippen molar-refractivity contribution in [2.24, 2.45) is 0 Å². The molecule has 0 radical (unpaired) electrons. The average molecular weight is 407 g/mol. The van der Waals surface area contributed by atoms with Crippen molar-refractivity contribution in [1.82, 2.24) is 20.1 Å². The second-order valence-corrected chi connectivity index (χ2v) is 7.89. The minimum atomic E-state index is -0.312. The first-order chi connectivity index (χ1) is 13.0. The van der Waals surface area contributed by atoms with Crippen LogP contribution in [0.1, 0.15) is 37.3 Å². The van der Waals surface area contributed by atoms with E-state index in [1.165, 1.54) is 11.8 Å². The van der Waals surface area contributed by atoms with E-state index in [1.807, 2.05) is 36.6 Å². The summed E-state index contributed by atoms with van der Waals surface area (Å²) in [4.78, 5) is 11.9. The Balaban J connectivity index is 1.69. The number of carbonyl (C=O) groups is 1. The second-order valence-electron chi connectivity index (χ2n) is 6.54. The number of benzene rings is 1. The fourth-order valence-corrected chi connectivity index (χ4v) is 3.47. The maximum Gasteiger partial charge on any atom is 0.230 e. The predicted molar refractivity (Wildman–Crippen MR) is 107 cm³/mol. The average Bonchev–Trinajstić information content (AvgIpc) is 3.35. The Bertz CT molecular complexity index is 835. The first-order valence-corrected chi connectivity index (χ1v) is 10.2. The number of ether oxygens (including phenoxy) is 1. The lowest BCUT2D eigenvalue weighted by atomic mass is 10.2. The van der Waals surface area contributed by atoms with Gasteiger partial charge in [-0.3, -0.25) is 9.36 Å². The van der Waals surface area contributed by atoms with E-state index in [0.29, 0.717) is 34.3 Å². The van der Waals surface area contributed by atoms with Crippen LogP contribution in [0.2, 0.25) is 5.02 Å². The molecule has 2 aromatic rings. The molecule has 1 atom stereocenters. The summed E-state index contributed by atoms with van der Waals surface area (Å²) in [6.07, 6.45) is 3.62. The Morgan fingerprint density at radius 2 is 2.30 bits per heavy atom. The summed E-state index contributed by atoms with van der Waals surface area (Å²) in [6, 6.07) is 5.90. The molecule has 1 unspecified atom stereocenters. The third kappa shape index (κ3) is 5.26. The van der Waals surface area contributed by atoms with Gasteiger partial charge >= 0.3 is 0 Å². The molecule has 1 amide bonds. The van der Waals surface area contributed by atoms with Gasteiger partial charge in [-0.1, -0.05) is 29.4 Å². The van der Waals surface area contributed by atoms with Crippen molar-refractivity contribution in [3.63, 3.8) is 0 Å². The van der Waals surface area contributed by atoms with Gasteiger partial charge in [0.15, 0.2) is 17.1 Å². The third-order valence-electron chi connectivity index (χ3n) is 4.14. The zero-order valence-electron chi connectivity index (χ0n) is 15.4. The zero-order valence-corrected chi connectivity index (χ0v) is 17.0. The first kappa shape index (κ1) is 19.8. The molecule has 8 heteroatoms. The van der Waals surface area contributed by atoms with Gasteiger partial charge in [0.1, 0.15) is 5.75 Å². The normalized spacial score (nSPS) is 14.6. The largest absolute Gasteiger partial charge is 0.483 e. The van der Waals surface area contributed by atoms with Crippen LogP contribution in [-0.2, 0) is 11.3 Å². The highest BCUT2D eigenvalue weighted by molar-refractivity contribution is 7.99. The third-order valence-corrected chi connectivity index (χ3v) is 5.53. The minimum absolute atomic E-state index is 0.0261. The van der Waals surface area contributed by atoms with Crippen LogP contribution in [0.15, 0.2) is 36.0 Å². The molecule has 1 aliphatic carbocycles. The highest BCUT2D eigenvalue weighted by Gasteiger charge is 2.24. The number of amides is 1. The molecule has 1 N–H and O–H groups in total. The second kappa shape index (κ2) is 8.80. The van der Waals surface area contributed by atoms with Crippen LogP contribution < -0.4 is 10.1 Å². The maximum absolute atomic E-state index is 11.9. The van der Waals surface area contributed by atoms with Gasteiger partial charge in [-0.2, -0.15) is 0 Å². The lowest BCUT2D eigenvalue weighted by Crippen LogP contribution is -2.27. The number of carbonyl (C=O) groups excluding carboxylic acids is 1. The summed E-state index contributed by atoms with van der Waals surface area (Å²) in [7, 11) is 0. The molecule has 1 saturated carbocycles. The number of nitrogens with zero attached hydrogens (tertiary/aromatic N) is 3. The number of hydrogen-bond acceptors (Lipinski definition) is 5. The Kier molecular flexibility index (Phi) is 6.44. The maximum atomic E-state index is 11.9. The molecule has 27 heavy (non-hydrogen) atoms. The number of aryl methyl sites for hydroxylation is 1. The Morgan fingerprint density at radius 3 is 2.96 bits per heavy atom. The van der Waals surface area contributed by atoms with Gasteiger partial charge in [0.25, 0.3) is 0 Å². The standard InChI is InChI=1S/C19H23ClN4O2S/c1-4-9-24-18(13(3)26-15-7-8-16(20)12(2)10-15)22-23-19(24)27-11-17(25)21-14-5-6-14/h4,7-8,10,13-14H,1,5-6,9,11H2,2-3H3,(H,21,25). The molecule has 0 spiro atoms. The number of halogens is 1. The number of hydrogen-bond donors (Lipinski definition) is 1. The number of rotatable bonds is 9. The number of allylic oxidation sites excluding steroid dienone is 1. The lowest BCUT2D eigenvalue weighted by Gasteiger charge is -2.16. The van der Waals surface area contributed by atoms with Crippen molar-refractivity contribution in [2.45, 2.75) is 50.5 Å². The quantitative estimate of drug-likeness (QED) is 0.504. The Morgan fingerprint density at radius 1 is 1.52 bits per heavy atom. The van der Waals surface area contributed by atoms with E-state index in [9.17, 15) is 4.79 Å². The minimum Gasteiger partial charge on any atom is -0.483 e. The van der Waals surface area contributed by atoms with E-state index >= 15 is 0 Å². The molecule has 1 heterocycles. The SMILES string of the molecule is C=CCn1c(SCC(=O)NC2CC2)nnc1C(C)Oc1ccc(Cl)c(C)c1. The van der Waals surface area contributed by atoms with Crippen molar-refractivity contribution in [1.29, 1.82) is 0 Å². The molecular weight excluding hydrogens is 384 g/mol. The molecule has 3 rings (SSSR count). The molecule has 0 saturated heterocycles. The van der Waals surface area contributed by atoms with Crippen LogP contribution in [0.3, 0.4) is 0 Å². The van der Waals surface area contributed by atoms with Crippen molar-refractivity contribution >= 4 is 29.3 Å². The molecular formula is C19H23ClN4O2S. The van der Waals surface area contributed by atoms with E-state index in [0.717, 1.165) is 24.2 Å². The molecule has 144 valence electrons. The van der Waals surface area contributed by atoms with E-state index in [4.69, 9.17) is 16.3 Å². The zero-order chi connectivity index (χ0) is 19.4. The molecule has 0 bridgehead atoms. The van der Waals surface area contributed by atoms with Gasteiger partial charge in [0, 0.05) is 17.6 Å². The van der Waals surface area contributed by atoms with Crippen LogP contribution >= 0.6 is 23.4 Å². The number of nitrogens with one attached hydrogen (secondary N) is 1. The highest BCUT2D eigenvalue weighted by Crippen LogP contribution is 2.27. The van der Waals surface area contributed by atoms with Crippen LogP contribution in [0.4, 0.5) is 0 Å². The molecule has 1 aliphatic rings. The summed E-state index contributed by atoms with van der Waals surface area (Å²) in [5.74, 6) is 1.75. The van der Waals surface area contributed by atoms with E-state index in [-0.39, 0.29) is 12.0 Å². The molecule has 0 aliphatic heterocycles. The van der Waals surface area contributed by atoms with Crippen molar-refractivity contribution in [3.05, 3.63) is 47.3 Å². The van der Waals surface area contributed by atoms with Gasteiger partial charge in [-0.15, -0.1) is 16.8 Å². The molecule has 1 fully saturated rings.